The summed E-state index contributed by atoms with van der Waals surface area (Å²) < 4.78 is 4.84. The van der Waals surface area contributed by atoms with Crippen LogP contribution in [0.3, 0.4) is 0 Å². The number of esters is 1. The molecule has 1 aliphatic rings. The number of benzene rings is 1. The second-order valence-corrected chi connectivity index (χ2v) is 6.71. The number of carbonyl (C=O) groups excluding carboxylic acids is 2. The van der Waals surface area contributed by atoms with Gasteiger partial charge in [0.2, 0.25) is 5.91 Å². The van der Waals surface area contributed by atoms with Gasteiger partial charge in [-0.1, -0.05) is 18.2 Å². The zero-order chi connectivity index (χ0) is 18.7. The number of nitrogens with zero attached hydrogens (tertiary/aromatic N) is 1. The highest BCUT2D eigenvalue weighted by molar-refractivity contribution is 5.91. The molecular formula is C19H23N3O4. The Bertz CT molecular complexity index is 868. The third kappa shape index (κ3) is 3.71. The summed E-state index contributed by atoms with van der Waals surface area (Å²) in [4.78, 5) is 37.9. The Balaban J connectivity index is 1.63. The number of hydrogen-bond acceptors (Lipinski definition) is 4. The standard InChI is InChI=1S/C19H23N3O4/c1-12-16(18(24)21-20-12)10-17(23)22-8-7-13(11-22)9-14-5-3-4-6-15(14)19(25)26-2/h3-6,13H,7-11H2,1-2H3,(H2,20,21,24). The van der Waals surface area contributed by atoms with E-state index < -0.39 is 0 Å². The number of aromatic amines is 2. The van der Waals surface area contributed by atoms with Crippen molar-refractivity contribution in [1.29, 1.82) is 0 Å². The summed E-state index contributed by atoms with van der Waals surface area (Å²) >= 11 is 0. The number of likely N-dealkylation sites (tertiary alicyclic amines) is 1. The van der Waals surface area contributed by atoms with Crippen molar-refractivity contribution in [3.8, 4) is 0 Å². The summed E-state index contributed by atoms with van der Waals surface area (Å²) in [5, 5.41) is 5.25. The van der Waals surface area contributed by atoms with Crippen LogP contribution in [0.1, 0.15) is 33.6 Å². The van der Waals surface area contributed by atoms with Gasteiger partial charge in [-0.2, -0.15) is 0 Å². The summed E-state index contributed by atoms with van der Waals surface area (Å²) in [5.74, 6) is -0.0917. The van der Waals surface area contributed by atoms with Gasteiger partial charge in [-0.05, 0) is 37.3 Å². The van der Waals surface area contributed by atoms with Crippen LogP contribution in [0.25, 0.3) is 0 Å². The third-order valence-corrected chi connectivity index (χ3v) is 4.99. The summed E-state index contributed by atoms with van der Waals surface area (Å²) in [6.45, 7) is 3.08. The Labute approximate surface area is 151 Å². The van der Waals surface area contributed by atoms with E-state index in [0.29, 0.717) is 29.9 Å². The Morgan fingerprint density at radius 1 is 1.27 bits per heavy atom. The van der Waals surface area contributed by atoms with Gasteiger partial charge in [-0.3, -0.25) is 14.7 Å². The van der Waals surface area contributed by atoms with E-state index in [9.17, 15) is 14.4 Å². The molecule has 0 aliphatic carbocycles. The molecule has 1 atom stereocenters. The topological polar surface area (TPSA) is 95.3 Å². The maximum absolute atomic E-state index is 12.5. The fourth-order valence-electron chi connectivity index (χ4n) is 3.49. The summed E-state index contributed by atoms with van der Waals surface area (Å²) in [6.07, 6.45) is 1.71. The van der Waals surface area contributed by atoms with E-state index in [1.165, 1.54) is 7.11 Å². The Morgan fingerprint density at radius 2 is 2.04 bits per heavy atom. The SMILES string of the molecule is COC(=O)c1ccccc1CC1CCN(C(=O)Cc2c(C)[nH][nH]c2=O)C1. The van der Waals surface area contributed by atoms with E-state index in [1.54, 1.807) is 17.9 Å². The molecular weight excluding hydrogens is 334 g/mol. The molecule has 1 aromatic heterocycles. The van der Waals surface area contributed by atoms with Crippen molar-refractivity contribution >= 4 is 11.9 Å². The van der Waals surface area contributed by atoms with Crippen molar-refractivity contribution in [3.63, 3.8) is 0 Å². The van der Waals surface area contributed by atoms with Crippen molar-refractivity contribution in [2.45, 2.75) is 26.2 Å². The molecule has 26 heavy (non-hydrogen) atoms. The van der Waals surface area contributed by atoms with Gasteiger partial charge in [0.1, 0.15) is 0 Å². The van der Waals surface area contributed by atoms with E-state index in [2.05, 4.69) is 10.2 Å². The molecule has 1 aromatic carbocycles. The number of nitrogens with one attached hydrogen (secondary N) is 2. The van der Waals surface area contributed by atoms with Crippen LogP contribution in [-0.2, 0) is 22.4 Å². The average molecular weight is 357 g/mol. The highest BCUT2D eigenvalue weighted by atomic mass is 16.5. The predicted molar refractivity (Wildman–Crippen MR) is 96.0 cm³/mol. The summed E-state index contributed by atoms with van der Waals surface area (Å²) in [6, 6.07) is 7.41. The highest BCUT2D eigenvalue weighted by Crippen LogP contribution is 2.23. The number of H-pyrrole nitrogens is 2. The van der Waals surface area contributed by atoms with Gasteiger partial charge in [0, 0.05) is 24.3 Å². The van der Waals surface area contributed by atoms with Crippen LogP contribution in [-0.4, -0.2) is 47.2 Å². The monoisotopic (exact) mass is 357 g/mol. The Morgan fingerprint density at radius 3 is 2.73 bits per heavy atom. The van der Waals surface area contributed by atoms with Crippen LogP contribution in [0, 0.1) is 12.8 Å². The van der Waals surface area contributed by atoms with Crippen LogP contribution < -0.4 is 5.56 Å². The zero-order valence-corrected chi connectivity index (χ0v) is 15.0. The molecule has 7 nitrogen and oxygen atoms in total. The van der Waals surface area contributed by atoms with Crippen LogP contribution in [0.15, 0.2) is 29.1 Å². The number of carbonyl (C=O) groups is 2. The minimum Gasteiger partial charge on any atom is -0.465 e. The first-order valence-corrected chi connectivity index (χ1v) is 8.69. The highest BCUT2D eigenvalue weighted by Gasteiger charge is 2.28. The van der Waals surface area contributed by atoms with Crippen LogP contribution in [0.4, 0.5) is 0 Å². The molecule has 0 spiro atoms. The number of aryl methyl sites for hydroxylation is 1. The molecule has 138 valence electrons. The lowest BCUT2D eigenvalue weighted by molar-refractivity contribution is -0.129. The second kappa shape index (κ2) is 7.59. The minimum absolute atomic E-state index is 0.0399. The number of rotatable bonds is 5. The molecule has 7 heteroatoms. The van der Waals surface area contributed by atoms with Crippen molar-refractivity contribution in [3.05, 3.63) is 57.0 Å². The molecule has 0 saturated carbocycles. The van der Waals surface area contributed by atoms with E-state index in [-0.39, 0.29) is 29.8 Å². The Hall–Kier alpha value is -2.83. The Kier molecular flexibility index (Phi) is 5.25. The molecule has 0 radical (unpaired) electrons. The largest absolute Gasteiger partial charge is 0.465 e. The average Bonchev–Trinajstić information content (AvgIpc) is 3.23. The van der Waals surface area contributed by atoms with E-state index in [0.717, 1.165) is 18.4 Å². The summed E-state index contributed by atoms with van der Waals surface area (Å²) in [5.41, 5.74) is 2.48. The van der Waals surface area contributed by atoms with Gasteiger partial charge < -0.3 is 14.7 Å². The molecule has 1 fully saturated rings. The van der Waals surface area contributed by atoms with Crippen LogP contribution in [0.2, 0.25) is 0 Å². The molecule has 1 saturated heterocycles. The number of aromatic nitrogens is 2. The van der Waals surface area contributed by atoms with Crippen LogP contribution >= 0.6 is 0 Å². The molecule has 2 aromatic rings. The second-order valence-electron chi connectivity index (χ2n) is 6.71. The first-order valence-electron chi connectivity index (χ1n) is 8.69. The van der Waals surface area contributed by atoms with Gasteiger partial charge in [0.15, 0.2) is 0 Å². The van der Waals surface area contributed by atoms with E-state index in [4.69, 9.17) is 4.74 Å². The molecule has 3 rings (SSSR count). The number of ether oxygens (including phenoxy) is 1. The van der Waals surface area contributed by atoms with Gasteiger partial charge in [0.05, 0.1) is 19.1 Å². The number of methoxy groups -OCH3 is 1. The van der Waals surface area contributed by atoms with Crippen LogP contribution in [0.5, 0.6) is 0 Å². The first kappa shape index (κ1) is 18.0. The van der Waals surface area contributed by atoms with Crippen molar-refractivity contribution in [2.75, 3.05) is 20.2 Å². The lowest BCUT2D eigenvalue weighted by Crippen LogP contribution is -2.31. The van der Waals surface area contributed by atoms with E-state index in [1.807, 2.05) is 18.2 Å². The maximum atomic E-state index is 12.5. The molecule has 1 aliphatic heterocycles. The molecule has 0 bridgehead atoms. The smallest absolute Gasteiger partial charge is 0.338 e. The molecule has 1 unspecified atom stereocenters. The van der Waals surface area contributed by atoms with Crippen molar-refractivity contribution < 1.29 is 14.3 Å². The third-order valence-electron chi connectivity index (χ3n) is 4.99. The minimum atomic E-state index is -0.339. The summed E-state index contributed by atoms with van der Waals surface area (Å²) in [7, 11) is 1.37. The lowest BCUT2D eigenvalue weighted by Gasteiger charge is -2.17. The fourth-order valence-corrected chi connectivity index (χ4v) is 3.49. The lowest BCUT2D eigenvalue weighted by atomic mass is 9.95. The zero-order valence-electron chi connectivity index (χ0n) is 15.0. The van der Waals surface area contributed by atoms with E-state index >= 15 is 0 Å². The first-order chi connectivity index (χ1) is 12.5. The van der Waals surface area contributed by atoms with Gasteiger partial charge in [0.25, 0.3) is 5.56 Å². The van der Waals surface area contributed by atoms with Gasteiger partial charge in [-0.25, -0.2) is 4.79 Å². The van der Waals surface area contributed by atoms with Crippen molar-refractivity contribution in [1.82, 2.24) is 15.1 Å². The van der Waals surface area contributed by atoms with Gasteiger partial charge >= 0.3 is 5.97 Å². The number of amides is 1. The number of hydrogen-bond donors (Lipinski definition) is 2. The predicted octanol–water partition coefficient (Wildman–Crippen LogP) is 1.43. The normalized spacial score (nSPS) is 16.7. The maximum Gasteiger partial charge on any atom is 0.338 e. The van der Waals surface area contributed by atoms with Crippen molar-refractivity contribution in [2.24, 2.45) is 5.92 Å². The molecule has 2 N–H and O–H groups in total. The quantitative estimate of drug-likeness (QED) is 0.792. The molecule has 1 amide bonds. The van der Waals surface area contributed by atoms with Gasteiger partial charge in [-0.15, -0.1) is 0 Å². The molecule has 2 heterocycles. The fraction of sp³-hybridized carbons (Fsp3) is 0.421.